The van der Waals surface area contributed by atoms with E-state index in [0.717, 1.165) is 6.42 Å². The van der Waals surface area contributed by atoms with E-state index in [1.54, 1.807) is 6.08 Å². The zero-order valence-electron chi connectivity index (χ0n) is 3.95. The van der Waals surface area contributed by atoms with Gasteiger partial charge in [-0.05, 0) is 0 Å². The second-order valence-corrected chi connectivity index (χ2v) is 0.987. The molecule has 0 aliphatic carbocycles. The van der Waals surface area contributed by atoms with Crippen molar-refractivity contribution in [1.29, 1.82) is 0 Å². The Bertz CT molecular complexity index is 28.7. The standard InChI is InChI=1S/C4H6Cl.Li/c1-2-3-4-5;/h2,4H,1,3H2;/q-1;+1. The Labute approximate surface area is 55.7 Å². The van der Waals surface area contributed by atoms with Crippen LogP contribution in [-0.2, 0) is 0 Å². The van der Waals surface area contributed by atoms with E-state index in [-0.39, 0.29) is 18.9 Å². The fourth-order valence-corrected chi connectivity index (χ4v) is 0.189. The smallest absolute Gasteiger partial charge is 0.349 e. The first-order valence-electron chi connectivity index (χ1n) is 1.44. The third-order valence-electron chi connectivity index (χ3n) is 0.256. The maximum atomic E-state index is 5.11. The van der Waals surface area contributed by atoms with E-state index < -0.39 is 0 Å². The molecule has 0 spiro atoms. The summed E-state index contributed by atoms with van der Waals surface area (Å²) < 4.78 is 0. The summed E-state index contributed by atoms with van der Waals surface area (Å²) in [4.78, 5) is 0. The minimum absolute atomic E-state index is 0. The van der Waals surface area contributed by atoms with Gasteiger partial charge in [0.05, 0.1) is 0 Å². The van der Waals surface area contributed by atoms with E-state index in [0.29, 0.717) is 0 Å². The Morgan fingerprint density at radius 3 is 2.33 bits per heavy atom. The molecule has 30 valence electrons. The van der Waals surface area contributed by atoms with E-state index in [1.165, 1.54) is 5.88 Å². The van der Waals surface area contributed by atoms with Crippen LogP contribution in [-0.4, -0.2) is 0 Å². The van der Waals surface area contributed by atoms with Crippen molar-refractivity contribution in [1.82, 2.24) is 0 Å². The van der Waals surface area contributed by atoms with Crippen LogP contribution in [0.1, 0.15) is 6.42 Å². The fraction of sp³-hybridized carbons (Fsp3) is 0.250. The molecule has 0 saturated heterocycles. The number of allylic oxidation sites excluding steroid dienone is 1. The molecule has 0 aliphatic heterocycles. The van der Waals surface area contributed by atoms with Crippen LogP contribution in [0.15, 0.2) is 12.7 Å². The average Bonchev–Trinajstić information content (AvgIpc) is 1.41. The summed E-state index contributed by atoms with van der Waals surface area (Å²) in [6.07, 6.45) is 2.54. The van der Waals surface area contributed by atoms with Gasteiger partial charge < -0.3 is 11.6 Å². The first kappa shape index (κ1) is 9.80. The maximum Gasteiger partial charge on any atom is 1.00 e. The molecule has 0 aromatic heterocycles. The van der Waals surface area contributed by atoms with Crippen LogP contribution in [0, 0.1) is 5.88 Å². The molecule has 0 aromatic rings. The molecule has 0 rings (SSSR count). The van der Waals surface area contributed by atoms with Gasteiger partial charge in [-0.3, -0.25) is 0 Å². The van der Waals surface area contributed by atoms with E-state index in [9.17, 15) is 0 Å². The summed E-state index contributed by atoms with van der Waals surface area (Å²) in [5.41, 5.74) is 0. The van der Waals surface area contributed by atoms with E-state index in [1.807, 2.05) is 0 Å². The van der Waals surface area contributed by atoms with Crippen LogP contribution >= 0.6 is 11.6 Å². The van der Waals surface area contributed by atoms with Crippen molar-refractivity contribution in [3.8, 4) is 0 Å². The minimum Gasteiger partial charge on any atom is -0.349 e. The maximum absolute atomic E-state index is 5.11. The van der Waals surface area contributed by atoms with Crippen LogP contribution in [0.3, 0.4) is 0 Å². The summed E-state index contributed by atoms with van der Waals surface area (Å²) >= 11 is 5.11. The topological polar surface area (TPSA) is 0 Å². The van der Waals surface area contributed by atoms with Gasteiger partial charge in [0, 0.05) is 0 Å². The molecule has 0 unspecified atom stereocenters. The third-order valence-corrected chi connectivity index (χ3v) is 0.434. The van der Waals surface area contributed by atoms with Crippen LogP contribution in [0.2, 0.25) is 0 Å². The average molecular weight is 96.5 g/mol. The molecular weight excluding hydrogens is 90.4 g/mol. The molecule has 0 bridgehead atoms. The molecule has 0 amide bonds. The normalized spacial score (nSPS) is 6.17. The van der Waals surface area contributed by atoms with Crippen LogP contribution < -0.4 is 18.9 Å². The van der Waals surface area contributed by atoms with Crippen molar-refractivity contribution in [2.45, 2.75) is 6.42 Å². The Morgan fingerprint density at radius 1 is 1.83 bits per heavy atom. The summed E-state index contributed by atoms with van der Waals surface area (Å²) in [7, 11) is 0. The predicted octanol–water partition coefficient (Wildman–Crippen LogP) is -1.03. The van der Waals surface area contributed by atoms with Crippen molar-refractivity contribution >= 4 is 11.6 Å². The molecule has 6 heavy (non-hydrogen) atoms. The van der Waals surface area contributed by atoms with Crippen molar-refractivity contribution in [3.63, 3.8) is 0 Å². The first-order valence-corrected chi connectivity index (χ1v) is 1.88. The summed E-state index contributed by atoms with van der Waals surface area (Å²) in [6, 6.07) is 0. The summed E-state index contributed by atoms with van der Waals surface area (Å²) in [6.45, 7) is 3.43. The Balaban J connectivity index is 0. The van der Waals surface area contributed by atoms with Gasteiger partial charge in [-0.15, -0.1) is 19.1 Å². The minimum atomic E-state index is 0. The molecular formula is C4H6ClLi. The Hall–Kier alpha value is 0.627. The van der Waals surface area contributed by atoms with Crippen LogP contribution in [0.5, 0.6) is 0 Å². The first-order chi connectivity index (χ1) is 2.41. The molecule has 0 radical (unpaired) electrons. The number of hydrogen-bond acceptors (Lipinski definition) is 0. The van der Waals surface area contributed by atoms with E-state index >= 15 is 0 Å². The molecule has 0 aliphatic rings. The zero-order valence-corrected chi connectivity index (χ0v) is 4.70. The van der Waals surface area contributed by atoms with Gasteiger partial charge in [0.15, 0.2) is 0 Å². The largest absolute Gasteiger partial charge is 1.00 e. The molecule has 2 heteroatoms. The zero-order chi connectivity index (χ0) is 4.12. The van der Waals surface area contributed by atoms with Gasteiger partial charge in [-0.25, -0.2) is 5.88 Å². The fourth-order valence-electron chi connectivity index (χ4n) is 0.0630. The quantitative estimate of drug-likeness (QED) is 0.234. The third kappa shape index (κ3) is 8.82. The molecule has 0 aromatic carbocycles. The molecule has 0 saturated carbocycles. The van der Waals surface area contributed by atoms with E-state index in [4.69, 9.17) is 11.6 Å². The second-order valence-electron chi connectivity index (χ2n) is 0.679. The van der Waals surface area contributed by atoms with Gasteiger partial charge in [0.25, 0.3) is 0 Å². The SMILES string of the molecule is C=CC[CH-]Cl.[Li+]. The molecule has 0 atom stereocenters. The number of halogens is 1. The molecule has 0 N–H and O–H groups in total. The second kappa shape index (κ2) is 9.16. The predicted molar refractivity (Wildman–Crippen MR) is 25.0 cm³/mol. The van der Waals surface area contributed by atoms with Crippen LogP contribution in [0.25, 0.3) is 0 Å². The van der Waals surface area contributed by atoms with Gasteiger partial charge in [0.1, 0.15) is 0 Å². The van der Waals surface area contributed by atoms with Gasteiger partial charge in [-0.1, -0.05) is 0 Å². The van der Waals surface area contributed by atoms with E-state index in [2.05, 4.69) is 6.58 Å². The van der Waals surface area contributed by atoms with Gasteiger partial charge in [-0.2, -0.15) is 0 Å². The Kier molecular flexibility index (Phi) is 15.0. The van der Waals surface area contributed by atoms with Crippen molar-refractivity contribution < 1.29 is 18.9 Å². The van der Waals surface area contributed by atoms with Gasteiger partial charge >= 0.3 is 18.9 Å². The van der Waals surface area contributed by atoms with Gasteiger partial charge in [0.2, 0.25) is 0 Å². The summed E-state index contributed by atoms with van der Waals surface area (Å²) in [5.74, 6) is 1.53. The van der Waals surface area contributed by atoms with Crippen molar-refractivity contribution in [3.05, 3.63) is 18.5 Å². The van der Waals surface area contributed by atoms with Crippen molar-refractivity contribution in [2.75, 3.05) is 0 Å². The Morgan fingerprint density at radius 2 is 2.33 bits per heavy atom. The molecule has 0 heterocycles. The number of rotatable bonds is 2. The molecule has 0 fully saturated rings. The molecule has 0 nitrogen and oxygen atoms in total. The van der Waals surface area contributed by atoms with Crippen LogP contribution in [0.4, 0.5) is 0 Å². The number of hydrogen-bond donors (Lipinski definition) is 0. The van der Waals surface area contributed by atoms with Crippen molar-refractivity contribution in [2.24, 2.45) is 0 Å². The monoisotopic (exact) mass is 96.0 g/mol. The summed E-state index contributed by atoms with van der Waals surface area (Å²) in [5, 5.41) is 0.